The van der Waals surface area contributed by atoms with Gasteiger partial charge in [-0.3, -0.25) is 0 Å². The maximum absolute atomic E-state index is 13.3. The molecule has 0 aliphatic carbocycles. The van der Waals surface area contributed by atoms with Crippen molar-refractivity contribution in [3.63, 3.8) is 0 Å². The molecule has 0 spiro atoms. The molecule has 1 unspecified atom stereocenters. The normalized spacial score (nSPS) is 16.5. The van der Waals surface area contributed by atoms with Crippen molar-refractivity contribution >= 4 is 11.7 Å². The number of ether oxygens (including phenoxy) is 1. The largest absolute Gasteiger partial charge is 0.479 e. The fourth-order valence-electron chi connectivity index (χ4n) is 2.62. The van der Waals surface area contributed by atoms with E-state index in [2.05, 4.69) is 11.2 Å². The van der Waals surface area contributed by atoms with Gasteiger partial charge in [-0.2, -0.15) is 0 Å². The van der Waals surface area contributed by atoms with Crippen LogP contribution in [0.15, 0.2) is 18.2 Å². The Labute approximate surface area is 135 Å². The van der Waals surface area contributed by atoms with Gasteiger partial charge in [0.2, 0.25) is 0 Å². The lowest BCUT2D eigenvalue weighted by molar-refractivity contribution is 0.0820. The molecule has 0 saturated carbocycles. The highest BCUT2D eigenvalue weighted by atomic mass is 19.1. The fraction of sp³-hybridized carbons (Fsp3) is 0.471. The summed E-state index contributed by atoms with van der Waals surface area (Å²) in [6, 6.07) is 3.61. The first-order valence-corrected chi connectivity index (χ1v) is 7.61. The molecule has 1 heterocycles. The summed E-state index contributed by atoms with van der Waals surface area (Å²) in [4.78, 5) is 14.0. The van der Waals surface area contributed by atoms with Gasteiger partial charge in [0.25, 0.3) is 0 Å². The number of nitrogens with zero attached hydrogens (tertiary/aromatic N) is 1. The zero-order valence-electron chi connectivity index (χ0n) is 13.1. The number of likely N-dealkylation sites (tertiary alicyclic amines) is 1. The maximum Gasteiger partial charge on any atom is 0.321 e. The molecule has 23 heavy (non-hydrogen) atoms. The van der Waals surface area contributed by atoms with Gasteiger partial charge in [-0.25, -0.2) is 9.18 Å². The summed E-state index contributed by atoms with van der Waals surface area (Å²) < 4.78 is 18.6. The number of carbonyl (C=O) groups excluding carboxylic acids is 1. The van der Waals surface area contributed by atoms with E-state index in [1.165, 1.54) is 18.2 Å². The second kappa shape index (κ2) is 7.84. The molecule has 2 rings (SSSR count). The second-order valence-corrected chi connectivity index (χ2v) is 5.63. The van der Waals surface area contributed by atoms with E-state index in [-0.39, 0.29) is 30.4 Å². The number of benzene rings is 1. The third-order valence-corrected chi connectivity index (χ3v) is 4.01. The number of rotatable bonds is 4. The highest BCUT2D eigenvalue weighted by molar-refractivity contribution is 5.91. The molecule has 1 aliphatic rings. The molecule has 5 nitrogen and oxygen atoms in total. The van der Waals surface area contributed by atoms with Crippen LogP contribution < -0.4 is 10.1 Å². The van der Waals surface area contributed by atoms with Gasteiger partial charge in [0.1, 0.15) is 18.2 Å². The molecule has 0 bridgehead atoms. The Morgan fingerprint density at radius 2 is 2.26 bits per heavy atom. The predicted octanol–water partition coefficient (Wildman–Crippen LogP) is 2.46. The molecular formula is C17H21FN2O3. The van der Waals surface area contributed by atoms with Crippen molar-refractivity contribution in [3.8, 4) is 18.1 Å². The Balaban J connectivity index is 1.99. The molecule has 0 aromatic heterocycles. The summed E-state index contributed by atoms with van der Waals surface area (Å²) in [6.45, 7) is 2.91. The first-order chi connectivity index (χ1) is 11.0. The van der Waals surface area contributed by atoms with Gasteiger partial charge >= 0.3 is 6.03 Å². The van der Waals surface area contributed by atoms with Crippen LogP contribution >= 0.6 is 0 Å². The van der Waals surface area contributed by atoms with Crippen molar-refractivity contribution in [1.82, 2.24) is 4.90 Å². The van der Waals surface area contributed by atoms with Crippen molar-refractivity contribution in [1.29, 1.82) is 0 Å². The molecule has 0 radical (unpaired) electrons. The van der Waals surface area contributed by atoms with Crippen molar-refractivity contribution in [2.24, 2.45) is 5.92 Å². The molecule has 1 saturated heterocycles. The summed E-state index contributed by atoms with van der Waals surface area (Å²) in [6.07, 6.45) is 6.29. The van der Waals surface area contributed by atoms with E-state index in [0.717, 1.165) is 12.8 Å². The van der Waals surface area contributed by atoms with Gasteiger partial charge in [0, 0.05) is 19.2 Å². The number of amides is 2. The maximum atomic E-state index is 13.3. The number of hydrogen-bond donors (Lipinski definition) is 2. The van der Waals surface area contributed by atoms with Gasteiger partial charge in [-0.05, 0) is 37.8 Å². The van der Waals surface area contributed by atoms with Crippen LogP contribution in [0.4, 0.5) is 14.9 Å². The highest BCUT2D eigenvalue weighted by Gasteiger charge is 2.25. The molecular weight excluding hydrogens is 299 g/mol. The number of hydrogen-bond acceptors (Lipinski definition) is 3. The molecule has 2 N–H and O–H groups in total. The van der Waals surface area contributed by atoms with Gasteiger partial charge in [0.15, 0.2) is 0 Å². The van der Waals surface area contributed by atoms with E-state index in [1.54, 1.807) is 11.8 Å². The molecule has 124 valence electrons. The Hall–Kier alpha value is -2.26. The van der Waals surface area contributed by atoms with Crippen LogP contribution in [0, 0.1) is 24.1 Å². The Kier molecular flexibility index (Phi) is 5.83. The number of urea groups is 1. The minimum absolute atomic E-state index is 0.00783. The van der Waals surface area contributed by atoms with E-state index in [0.29, 0.717) is 18.8 Å². The van der Waals surface area contributed by atoms with Crippen LogP contribution in [0.25, 0.3) is 0 Å². The van der Waals surface area contributed by atoms with E-state index < -0.39 is 5.82 Å². The van der Waals surface area contributed by atoms with Crippen LogP contribution in [-0.2, 0) is 0 Å². The van der Waals surface area contributed by atoms with Crippen molar-refractivity contribution in [2.45, 2.75) is 25.9 Å². The fourth-order valence-corrected chi connectivity index (χ4v) is 2.62. The zero-order valence-corrected chi connectivity index (χ0v) is 13.1. The molecule has 1 atom stereocenters. The van der Waals surface area contributed by atoms with Gasteiger partial charge in [0.05, 0.1) is 11.8 Å². The molecule has 6 heteroatoms. The Morgan fingerprint density at radius 1 is 1.57 bits per heavy atom. The predicted molar refractivity (Wildman–Crippen MR) is 85.7 cm³/mol. The Morgan fingerprint density at radius 3 is 2.87 bits per heavy atom. The lowest BCUT2D eigenvalue weighted by Gasteiger charge is -2.33. The summed E-state index contributed by atoms with van der Waals surface area (Å²) >= 11 is 0. The number of carbonyl (C=O) groups is 1. The number of terminal acetylenes is 1. The monoisotopic (exact) mass is 320 g/mol. The lowest BCUT2D eigenvalue weighted by atomic mass is 9.92. The lowest BCUT2D eigenvalue weighted by Crippen LogP contribution is -2.42. The second-order valence-electron chi connectivity index (χ2n) is 5.63. The third-order valence-electron chi connectivity index (χ3n) is 4.01. The van der Waals surface area contributed by atoms with Crippen LogP contribution in [0.1, 0.15) is 19.8 Å². The first-order valence-electron chi connectivity index (χ1n) is 7.61. The van der Waals surface area contributed by atoms with E-state index in [4.69, 9.17) is 11.2 Å². The summed E-state index contributed by atoms with van der Waals surface area (Å²) in [5, 5.41) is 12.3. The van der Waals surface area contributed by atoms with E-state index >= 15 is 0 Å². The minimum Gasteiger partial charge on any atom is -0.479 e. The van der Waals surface area contributed by atoms with Crippen molar-refractivity contribution in [2.75, 3.05) is 25.0 Å². The number of aliphatic hydroxyl groups is 1. The quantitative estimate of drug-likeness (QED) is 0.838. The first kappa shape index (κ1) is 17.1. The van der Waals surface area contributed by atoms with Gasteiger partial charge in [-0.15, -0.1) is 6.42 Å². The number of piperidine rings is 1. The SMILES string of the molecule is C#CCOc1cc(F)ccc1NC(=O)N1CCC(C(C)O)CC1. The molecule has 2 amide bonds. The number of aliphatic hydroxyl groups excluding tert-OH is 1. The smallest absolute Gasteiger partial charge is 0.321 e. The number of nitrogens with one attached hydrogen (secondary N) is 1. The standard InChI is InChI=1S/C17H21FN2O3/c1-3-10-23-16-11-14(18)4-5-15(16)19-17(22)20-8-6-13(7-9-20)12(2)21/h1,4-5,11-13,21H,6-10H2,2H3,(H,19,22). The van der Waals surface area contributed by atoms with Crippen molar-refractivity contribution < 1.29 is 19.0 Å². The average molecular weight is 320 g/mol. The van der Waals surface area contributed by atoms with Crippen molar-refractivity contribution in [3.05, 3.63) is 24.0 Å². The Bertz CT molecular complexity index is 590. The van der Waals surface area contributed by atoms with Crippen LogP contribution in [0.3, 0.4) is 0 Å². The molecule has 1 aromatic rings. The van der Waals surface area contributed by atoms with E-state index in [9.17, 15) is 14.3 Å². The summed E-state index contributed by atoms with van der Waals surface area (Å²) in [5.74, 6) is 2.26. The van der Waals surface area contributed by atoms with E-state index in [1.807, 2.05) is 0 Å². The van der Waals surface area contributed by atoms with Crippen LogP contribution in [0.5, 0.6) is 5.75 Å². The summed E-state index contributed by atoms with van der Waals surface area (Å²) in [7, 11) is 0. The van der Waals surface area contributed by atoms with Gasteiger partial charge in [-0.1, -0.05) is 5.92 Å². The van der Waals surface area contributed by atoms with Crippen LogP contribution in [-0.4, -0.2) is 41.8 Å². The zero-order chi connectivity index (χ0) is 16.8. The summed E-state index contributed by atoms with van der Waals surface area (Å²) in [5.41, 5.74) is 0.379. The third kappa shape index (κ3) is 4.60. The van der Waals surface area contributed by atoms with Gasteiger partial charge < -0.3 is 20.1 Å². The minimum atomic E-state index is -0.465. The molecule has 1 fully saturated rings. The molecule has 1 aromatic carbocycles. The number of halogens is 1. The van der Waals surface area contributed by atoms with Crippen LogP contribution in [0.2, 0.25) is 0 Å². The highest BCUT2D eigenvalue weighted by Crippen LogP contribution is 2.27. The average Bonchev–Trinajstić information content (AvgIpc) is 2.55. The topological polar surface area (TPSA) is 61.8 Å². The molecule has 1 aliphatic heterocycles. The number of anilines is 1.